The lowest BCUT2D eigenvalue weighted by molar-refractivity contribution is 0.0925. The number of aromatic nitrogens is 1. The van der Waals surface area contributed by atoms with E-state index in [1.165, 1.54) is 0 Å². The van der Waals surface area contributed by atoms with E-state index in [1.54, 1.807) is 6.92 Å². The molecule has 106 valence electrons. The van der Waals surface area contributed by atoms with Crippen molar-refractivity contribution in [2.24, 2.45) is 0 Å². The average Bonchev–Trinajstić information content (AvgIpc) is 2.86. The first-order valence-corrected chi connectivity index (χ1v) is 6.68. The highest BCUT2D eigenvalue weighted by molar-refractivity contribution is 5.92. The molecule has 0 aliphatic heterocycles. The van der Waals surface area contributed by atoms with Gasteiger partial charge in [-0.05, 0) is 39.1 Å². The zero-order valence-electron chi connectivity index (χ0n) is 11.8. The second-order valence-corrected chi connectivity index (χ2v) is 4.51. The van der Waals surface area contributed by atoms with E-state index in [9.17, 15) is 4.79 Å². The van der Waals surface area contributed by atoms with Crippen LogP contribution in [0.15, 0.2) is 34.7 Å². The van der Waals surface area contributed by atoms with Crippen molar-refractivity contribution in [3.63, 3.8) is 0 Å². The Morgan fingerprint density at radius 2 is 2.00 bits per heavy atom. The van der Waals surface area contributed by atoms with Crippen molar-refractivity contribution in [2.75, 3.05) is 20.1 Å². The summed E-state index contributed by atoms with van der Waals surface area (Å²) in [6.45, 7) is 3.25. The van der Waals surface area contributed by atoms with Crippen LogP contribution in [0.4, 0.5) is 0 Å². The van der Waals surface area contributed by atoms with Gasteiger partial charge in [-0.2, -0.15) is 0 Å². The second-order valence-electron chi connectivity index (χ2n) is 4.51. The van der Waals surface area contributed by atoms with Crippen molar-refractivity contribution >= 4 is 5.91 Å². The van der Waals surface area contributed by atoms with Gasteiger partial charge in [-0.15, -0.1) is 0 Å². The van der Waals surface area contributed by atoms with Crippen LogP contribution in [0.25, 0.3) is 11.5 Å². The van der Waals surface area contributed by atoms with Crippen molar-refractivity contribution in [3.8, 4) is 11.5 Å². The Kier molecular flexibility index (Phi) is 4.90. The number of nitrogens with zero attached hydrogens (tertiary/aromatic N) is 1. The van der Waals surface area contributed by atoms with Gasteiger partial charge in [0.1, 0.15) is 0 Å². The first kappa shape index (κ1) is 14.3. The van der Waals surface area contributed by atoms with E-state index in [0.717, 1.165) is 18.5 Å². The highest BCUT2D eigenvalue weighted by Gasteiger charge is 2.17. The Balaban J connectivity index is 2.06. The fraction of sp³-hybridized carbons (Fsp3) is 0.333. The van der Waals surface area contributed by atoms with Crippen LogP contribution in [0.5, 0.6) is 0 Å². The maximum absolute atomic E-state index is 12.0. The Bertz CT molecular complexity index is 564. The van der Waals surface area contributed by atoms with E-state index in [2.05, 4.69) is 15.6 Å². The van der Waals surface area contributed by atoms with Gasteiger partial charge >= 0.3 is 0 Å². The Labute approximate surface area is 118 Å². The van der Waals surface area contributed by atoms with E-state index >= 15 is 0 Å². The quantitative estimate of drug-likeness (QED) is 0.790. The third-order valence-electron chi connectivity index (χ3n) is 2.91. The van der Waals surface area contributed by atoms with E-state index in [0.29, 0.717) is 18.1 Å². The fourth-order valence-corrected chi connectivity index (χ4v) is 1.86. The molecule has 0 radical (unpaired) electrons. The number of carbonyl (C=O) groups excluding carboxylic acids is 1. The molecule has 1 aromatic heterocycles. The predicted molar refractivity (Wildman–Crippen MR) is 77.6 cm³/mol. The Morgan fingerprint density at radius 1 is 1.25 bits per heavy atom. The molecular weight excluding hydrogens is 254 g/mol. The molecule has 1 amide bonds. The molecule has 2 aromatic rings. The number of amides is 1. The molecule has 1 aromatic carbocycles. The largest absolute Gasteiger partial charge is 0.431 e. The minimum absolute atomic E-state index is 0.215. The third-order valence-corrected chi connectivity index (χ3v) is 2.91. The summed E-state index contributed by atoms with van der Waals surface area (Å²) in [5.41, 5.74) is 1.47. The summed E-state index contributed by atoms with van der Waals surface area (Å²) in [5, 5.41) is 5.86. The van der Waals surface area contributed by atoms with Crippen LogP contribution in [0.3, 0.4) is 0 Å². The number of rotatable bonds is 6. The molecule has 5 heteroatoms. The van der Waals surface area contributed by atoms with Crippen molar-refractivity contribution in [1.82, 2.24) is 15.6 Å². The molecule has 0 spiro atoms. The summed E-state index contributed by atoms with van der Waals surface area (Å²) in [5.74, 6) is 0.546. The average molecular weight is 273 g/mol. The number of aryl methyl sites for hydroxylation is 1. The number of carbonyl (C=O) groups is 1. The van der Waals surface area contributed by atoms with Gasteiger partial charge in [-0.25, -0.2) is 4.98 Å². The number of nitrogens with one attached hydrogen (secondary N) is 2. The summed E-state index contributed by atoms with van der Waals surface area (Å²) in [6.07, 6.45) is 0.876. The lowest BCUT2D eigenvalue weighted by Crippen LogP contribution is -2.26. The van der Waals surface area contributed by atoms with E-state index in [1.807, 2.05) is 37.4 Å². The molecular formula is C15H19N3O2. The van der Waals surface area contributed by atoms with Gasteiger partial charge < -0.3 is 15.1 Å². The number of hydrogen-bond acceptors (Lipinski definition) is 4. The minimum Gasteiger partial charge on any atom is -0.431 e. The molecule has 0 saturated carbocycles. The highest BCUT2D eigenvalue weighted by atomic mass is 16.4. The van der Waals surface area contributed by atoms with Gasteiger partial charge in [-0.3, -0.25) is 4.79 Å². The highest BCUT2D eigenvalue weighted by Crippen LogP contribution is 2.21. The first-order valence-electron chi connectivity index (χ1n) is 6.68. The molecule has 5 nitrogen and oxygen atoms in total. The number of benzene rings is 1. The van der Waals surface area contributed by atoms with Crippen LogP contribution in [-0.2, 0) is 0 Å². The topological polar surface area (TPSA) is 67.2 Å². The molecule has 0 saturated heterocycles. The lowest BCUT2D eigenvalue weighted by Gasteiger charge is -2.02. The van der Waals surface area contributed by atoms with Gasteiger partial charge in [0.25, 0.3) is 5.91 Å². The standard InChI is InChI=1S/C15H19N3O2/c1-11-13(14(19)17-10-6-9-16-2)20-15(18-11)12-7-4-3-5-8-12/h3-5,7-8,16H,6,9-10H2,1-2H3,(H,17,19). The van der Waals surface area contributed by atoms with Gasteiger partial charge in [-0.1, -0.05) is 18.2 Å². The smallest absolute Gasteiger partial charge is 0.289 e. The molecule has 0 atom stereocenters. The van der Waals surface area contributed by atoms with Gasteiger partial charge in [0.15, 0.2) is 0 Å². The monoisotopic (exact) mass is 273 g/mol. The van der Waals surface area contributed by atoms with Gasteiger partial charge in [0.2, 0.25) is 11.7 Å². The van der Waals surface area contributed by atoms with Crippen LogP contribution in [-0.4, -0.2) is 31.0 Å². The minimum atomic E-state index is -0.215. The molecule has 1 heterocycles. The SMILES string of the molecule is CNCCCNC(=O)c1oc(-c2ccccc2)nc1C. The molecule has 2 rings (SSSR count). The summed E-state index contributed by atoms with van der Waals surface area (Å²) in [4.78, 5) is 16.3. The van der Waals surface area contributed by atoms with Gasteiger partial charge in [0, 0.05) is 12.1 Å². The van der Waals surface area contributed by atoms with Crippen molar-refractivity contribution in [2.45, 2.75) is 13.3 Å². The van der Waals surface area contributed by atoms with Crippen molar-refractivity contribution in [3.05, 3.63) is 41.8 Å². The number of hydrogen-bond donors (Lipinski definition) is 2. The van der Waals surface area contributed by atoms with Crippen LogP contribution in [0, 0.1) is 6.92 Å². The maximum Gasteiger partial charge on any atom is 0.289 e. The molecule has 20 heavy (non-hydrogen) atoms. The molecule has 0 bridgehead atoms. The van der Waals surface area contributed by atoms with Crippen LogP contribution in [0.1, 0.15) is 22.7 Å². The molecule has 2 N–H and O–H groups in total. The molecule has 0 unspecified atom stereocenters. The van der Waals surface area contributed by atoms with E-state index < -0.39 is 0 Å². The molecule has 0 aliphatic rings. The Hall–Kier alpha value is -2.14. The fourth-order valence-electron chi connectivity index (χ4n) is 1.86. The number of oxazole rings is 1. The van der Waals surface area contributed by atoms with Crippen LogP contribution < -0.4 is 10.6 Å². The summed E-state index contributed by atoms with van der Waals surface area (Å²) in [7, 11) is 1.88. The lowest BCUT2D eigenvalue weighted by atomic mass is 10.2. The normalized spacial score (nSPS) is 10.5. The summed E-state index contributed by atoms with van der Waals surface area (Å²) < 4.78 is 5.58. The summed E-state index contributed by atoms with van der Waals surface area (Å²) >= 11 is 0. The van der Waals surface area contributed by atoms with E-state index in [-0.39, 0.29) is 11.7 Å². The van der Waals surface area contributed by atoms with Crippen LogP contribution >= 0.6 is 0 Å². The van der Waals surface area contributed by atoms with Crippen molar-refractivity contribution < 1.29 is 9.21 Å². The molecule has 0 fully saturated rings. The maximum atomic E-state index is 12.0. The summed E-state index contributed by atoms with van der Waals surface area (Å²) in [6, 6.07) is 9.55. The third kappa shape index (κ3) is 3.45. The van der Waals surface area contributed by atoms with Crippen LogP contribution in [0.2, 0.25) is 0 Å². The van der Waals surface area contributed by atoms with Gasteiger partial charge in [0.05, 0.1) is 5.69 Å². The zero-order valence-corrected chi connectivity index (χ0v) is 11.8. The Morgan fingerprint density at radius 3 is 2.70 bits per heavy atom. The molecule has 0 aliphatic carbocycles. The zero-order chi connectivity index (χ0) is 14.4. The van der Waals surface area contributed by atoms with E-state index in [4.69, 9.17) is 4.42 Å². The predicted octanol–water partition coefficient (Wildman–Crippen LogP) is 1.99. The van der Waals surface area contributed by atoms with Crippen molar-refractivity contribution in [1.29, 1.82) is 0 Å². The second kappa shape index (κ2) is 6.86. The first-order chi connectivity index (χ1) is 9.72.